The van der Waals surface area contributed by atoms with E-state index in [4.69, 9.17) is 10.5 Å². The van der Waals surface area contributed by atoms with Crippen LogP contribution in [0.1, 0.15) is 6.92 Å². The van der Waals surface area contributed by atoms with E-state index in [9.17, 15) is 0 Å². The molecule has 0 spiro atoms. The third kappa shape index (κ3) is 3.57. The Balaban J connectivity index is 3.11. The van der Waals surface area contributed by atoms with Crippen molar-refractivity contribution in [2.75, 3.05) is 14.2 Å². The van der Waals surface area contributed by atoms with Gasteiger partial charge in [0.05, 0.1) is 23.2 Å². The number of hydrogen-bond donors (Lipinski definition) is 2. The van der Waals surface area contributed by atoms with Crippen LogP contribution in [0.5, 0.6) is 0 Å². The Bertz CT molecular complexity index is 400. The fourth-order valence-electron chi connectivity index (χ4n) is 1.34. The number of ether oxygens (including phenoxy) is 1. The van der Waals surface area contributed by atoms with Crippen LogP contribution >= 0.6 is 0 Å². The average molecular weight is 234 g/mol. The van der Waals surface area contributed by atoms with Crippen LogP contribution in [0.2, 0.25) is 0 Å². The molecule has 5 heteroatoms. The van der Waals surface area contributed by atoms with Crippen LogP contribution in [0, 0.1) is 0 Å². The molecule has 0 aromatic carbocycles. The van der Waals surface area contributed by atoms with Crippen molar-refractivity contribution in [3.8, 4) is 0 Å². The molecule has 1 heterocycles. The third-order valence-corrected chi connectivity index (χ3v) is 2.36. The lowest BCUT2D eigenvalue weighted by molar-refractivity contribution is 0.170. The second kappa shape index (κ2) is 6.65. The molecule has 1 aromatic rings. The van der Waals surface area contributed by atoms with Gasteiger partial charge in [0.1, 0.15) is 0 Å². The van der Waals surface area contributed by atoms with E-state index in [0.717, 1.165) is 17.1 Å². The average Bonchev–Trinajstić information content (AvgIpc) is 2.39. The van der Waals surface area contributed by atoms with Crippen LogP contribution in [0.15, 0.2) is 41.4 Å². The fraction of sp³-hybridized carbons (Fsp3) is 0.333. The minimum atomic E-state index is -0.148. The topological polar surface area (TPSA) is 72.5 Å². The van der Waals surface area contributed by atoms with Crippen molar-refractivity contribution in [1.29, 1.82) is 0 Å². The largest absolute Gasteiger partial charge is 0.403 e. The first kappa shape index (κ1) is 13.2. The zero-order chi connectivity index (χ0) is 12.7. The van der Waals surface area contributed by atoms with Crippen LogP contribution in [0.3, 0.4) is 0 Å². The number of rotatable bonds is 5. The first-order chi connectivity index (χ1) is 8.22. The lowest BCUT2D eigenvalue weighted by Gasteiger charge is -2.16. The van der Waals surface area contributed by atoms with Gasteiger partial charge in [-0.2, -0.15) is 0 Å². The smallest absolute Gasteiger partial charge is 0.0984 e. The Hall–Kier alpha value is -1.88. The Morgan fingerprint density at radius 1 is 1.53 bits per heavy atom. The molecule has 17 heavy (non-hydrogen) atoms. The molecule has 0 amide bonds. The van der Waals surface area contributed by atoms with Gasteiger partial charge in [-0.15, -0.1) is 0 Å². The summed E-state index contributed by atoms with van der Waals surface area (Å²) in [6.45, 7) is 1.92. The summed E-state index contributed by atoms with van der Waals surface area (Å²) in [5, 5.41) is 3.00. The number of aliphatic imine (C=N–C) groups is 1. The second-order valence-corrected chi connectivity index (χ2v) is 3.41. The first-order valence-corrected chi connectivity index (χ1v) is 5.34. The Kier molecular flexibility index (Phi) is 5.16. The molecule has 1 rings (SSSR count). The molecule has 0 saturated carbocycles. The number of nitrogens with two attached hydrogens (primary N) is 1. The molecular formula is C12H18N4O. The van der Waals surface area contributed by atoms with Gasteiger partial charge in [-0.25, -0.2) is 4.99 Å². The van der Waals surface area contributed by atoms with E-state index < -0.39 is 0 Å². The summed E-state index contributed by atoms with van der Waals surface area (Å²) in [4.78, 5) is 8.46. The maximum Gasteiger partial charge on any atom is 0.0984 e. The quantitative estimate of drug-likeness (QED) is 0.751. The highest BCUT2D eigenvalue weighted by Gasteiger charge is 2.13. The summed E-state index contributed by atoms with van der Waals surface area (Å²) in [7, 11) is 3.43. The van der Waals surface area contributed by atoms with Gasteiger partial charge in [0.2, 0.25) is 0 Å². The number of methoxy groups -OCH3 is 1. The van der Waals surface area contributed by atoms with Gasteiger partial charge < -0.3 is 15.8 Å². The molecule has 92 valence electrons. The van der Waals surface area contributed by atoms with Gasteiger partial charge in [-0.05, 0) is 19.1 Å². The number of pyridine rings is 1. The van der Waals surface area contributed by atoms with Crippen LogP contribution < -0.4 is 11.1 Å². The lowest BCUT2D eigenvalue weighted by atomic mass is 10.2. The van der Waals surface area contributed by atoms with Gasteiger partial charge in [0.25, 0.3) is 0 Å². The minimum Gasteiger partial charge on any atom is -0.403 e. The van der Waals surface area contributed by atoms with Crippen molar-refractivity contribution in [2.24, 2.45) is 10.7 Å². The number of nitrogens with one attached hydrogen (secondary N) is 1. The lowest BCUT2D eigenvalue weighted by Crippen LogP contribution is -2.28. The van der Waals surface area contributed by atoms with Crippen LogP contribution in [0.25, 0.3) is 0 Å². The summed E-state index contributed by atoms with van der Waals surface area (Å²) in [5.74, 6) is 0. The van der Waals surface area contributed by atoms with Crippen LogP contribution in [-0.4, -0.2) is 31.0 Å². The predicted molar refractivity (Wildman–Crippen MR) is 69.1 cm³/mol. The summed E-state index contributed by atoms with van der Waals surface area (Å²) < 4.78 is 5.29. The van der Waals surface area contributed by atoms with E-state index >= 15 is 0 Å². The highest BCUT2D eigenvalue weighted by atomic mass is 16.5. The molecule has 1 aromatic heterocycles. The van der Waals surface area contributed by atoms with Gasteiger partial charge in [0.15, 0.2) is 0 Å². The molecule has 0 aliphatic rings. The first-order valence-electron chi connectivity index (χ1n) is 5.34. The normalized spacial score (nSPS) is 14.5. The van der Waals surface area contributed by atoms with Gasteiger partial charge in [0, 0.05) is 32.8 Å². The Morgan fingerprint density at radius 3 is 2.65 bits per heavy atom. The zero-order valence-corrected chi connectivity index (χ0v) is 10.3. The third-order valence-electron chi connectivity index (χ3n) is 2.36. The van der Waals surface area contributed by atoms with Gasteiger partial charge in [-0.3, -0.25) is 4.98 Å². The Labute approximate surface area is 101 Å². The van der Waals surface area contributed by atoms with Crippen molar-refractivity contribution in [3.63, 3.8) is 0 Å². The fourth-order valence-corrected chi connectivity index (χ4v) is 1.34. The molecule has 0 unspecified atom stereocenters. The van der Waals surface area contributed by atoms with E-state index in [1.54, 1.807) is 26.6 Å². The molecule has 0 saturated heterocycles. The number of hydrogen-bond acceptors (Lipinski definition) is 5. The van der Waals surface area contributed by atoms with E-state index in [2.05, 4.69) is 15.3 Å². The molecule has 5 nitrogen and oxygen atoms in total. The van der Waals surface area contributed by atoms with Crippen molar-refractivity contribution < 1.29 is 4.74 Å². The van der Waals surface area contributed by atoms with Crippen molar-refractivity contribution in [3.05, 3.63) is 36.4 Å². The van der Waals surface area contributed by atoms with Gasteiger partial charge >= 0.3 is 0 Å². The van der Waals surface area contributed by atoms with Crippen LogP contribution in [0.4, 0.5) is 5.69 Å². The SMILES string of the molecule is CN/C(=C/N)C(=Nc1ccncc1)[C@H](C)OC. The van der Waals surface area contributed by atoms with Gasteiger partial charge in [-0.1, -0.05) is 0 Å². The zero-order valence-electron chi connectivity index (χ0n) is 10.3. The molecule has 0 aliphatic carbocycles. The van der Waals surface area contributed by atoms with Crippen molar-refractivity contribution in [1.82, 2.24) is 10.3 Å². The summed E-state index contributed by atoms with van der Waals surface area (Å²) in [6, 6.07) is 3.65. The molecule has 0 radical (unpaired) electrons. The molecule has 0 fully saturated rings. The summed E-state index contributed by atoms with van der Waals surface area (Å²) in [5.41, 5.74) is 7.87. The molecule has 0 aliphatic heterocycles. The van der Waals surface area contributed by atoms with E-state index in [1.807, 2.05) is 19.1 Å². The predicted octanol–water partition coefficient (Wildman–Crippen LogP) is 1.21. The van der Waals surface area contributed by atoms with Crippen molar-refractivity contribution in [2.45, 2.75) is 13.0 Å². The van der Waals surface area contributed by atoms with E-state index in [0.29, 0.717) is 0 Å². The maximum absolute atomic E-state index is 5.56. The number of aromatic nitrogens is 1. The summed E-state index contributed by atoms with van der Waals surface area (Å²) in [6.07, 6.45) is 4.72. The maximum atomic E-state index is 5.56. The monoisotopic (exact) mass is 234 g/mol. The molecule has 0 bridgehead atoms. The van der Waals surface area contributed by atoms with Crippen molar-refractivity contribution >= 4 is 11.4 Å². The molecular weight excluding hydrogens is 216 g/mol. The Morgan fingerprint density at radius 2 is 2.18 bits per heavy atom. The van der Waals surface area contributed by atoms with Crippen LogP contribution in [-0.2, 0) is 4.74 Å². The van der Waals surface area contributed by atoms with E-state index in [1.165, 1.54) is 6.20 Å². The molecule has 3 N–H and O–H groups in total. The summed E-state index contributed by atoms with van der Waals surface area (Å²) >= 11 is 0. The number of nitrogens with zero attached hydrogens (tertiary/aromatic N) is 2. The second-order valence-electron chi connectivity index (χ2n) is 3.41. The highest BCUT2D eigenvalue weighted by Crippen LogP contribution is 2.13. The molecule has 1 atom stereocenters. The minimum absolute atomic E-state index is 0.148. The highest BCUT2D eigenvalue weighted by molar-refractivity contribution is 6.04. The van der Waals surface area contributed by atoms with E-state index in [-0.39, 0.29) is 6.10 Å². The standard InChI is InChI=1S/C12H18N4O/c1-9(17-3)12(11(8-13)14-2)16-10-4-6-15-7-5-10/h4-9,14H,13H2,1-3H3/b11-8+,16-12?/t9-/m0/s1.